The normalized spacial score (nSPS) is 19.6. The third-order valence-electron chi connectivity index (χ3n) is 4.17. The van der Waals surface area contributed by atoms with Crippen molar-refractivity contribution >= 4 is 24.2 Å². The number of amides is 2. The summed E-state index contributed by atoms with van der Waals surface area (Å²) in [5.41, 5.74) is 7.06. The predicted molar refractivity (Wildman–Crippen MR) is 86.7 cm³/mol. The Labute approximate surface area is 136 Å². The molecule has 1 aliphatic carbocycles. The van der Waals surface area contributed by atoms with E-state index < -0.39 is 6.04 Å². The van der Waals surface area contributed by atoms with Gasteiger partial charge in [-0.25, -0.2) is 0 Å². The summed E-state index contributed by atoms with van der Waals surface area (Å²) >= 11 is 0. The fraction of sp³-hybridized carbons (Fsp3) is 0.500. The van der Waals surface area contributed by atoms with Gasteiger partial charge in [0.1, 0.15) is 0 Å². The highest BCUT2D eigenvalue weighted by Gasteiger charge is 2.37. The second-order valence-corrected chi connectivity index (χ2v) is 5.87. The lowest BCUT2D eigenvalue weighted by Crippen LogP contribution is -2.56. The smallest absolute Gasteiger partial charge is 0.242 e. The van der Waals surface area contributed by atoms with Crippen LogP contribution in [0, 0.1) is 0 Å². The summed E-state index contributed by atoms with van der Waals surface area (Å²) in [6, 6.07) is 9.58. The van der Waals surface area contributed by atoms with E-state index in [2.05, 4.69) is 0 Å². The minimum Gasteiger partial charge on any atom is -0.336 e. The van der Waals surface area contributed by atoms with Gasteiger partial charge in [-0.15, -0.1) is 12.4 Å². The molecule has 1 heterocycles. The van der Waals surface area contributed by atoms with Gasteiger partial charge in [0.05, 0.1) is 12.6 Å². The number of hydrogen-bond donors (Lipinski definition) is 1. The first kappa shape index (κ1) is 16.8. The van der Waals surface area contributed by atoms with Crippen LogP contribution >= 0.6 is 12.4 Å². The van der Waals surface area contributed by atoms with Gasteiger partial charge in [-0.05, 0) is 24.8 Å². The van der Waals surface area contributed by atoms with Crippen LogP contribution in [0.15, 0.2) is 30.3 Å². The number of halogens is 1. The highest BCUT2D eigenvalue weighted by Crippen LogP contribution is 2.28. The van der Waals surface area contributed by atoms with E-state index in [1.165, 1.54) is 0 Å². The van der Waals surface area contributed by atoms with Crippen LogP contribution in [0.3, 0.4) is 0 Å². The first-order valence-corrected chi connectivity index (χ1v) is 7.53. The average molecular weight is 324 g/mol. The minimum atomic E-state index is -0.576. The maximum Gasteiger partial charge on any atom is 0.242 e. The van der Waals surface area contributed by atoms with E-state index >= 15 is 0 Å². The zero-order valence-electron chi connectivity index (χ0n) is 12.5. The van der Waals surface area contributed by atoms with Crippen molar-refractivity contribution in [3.8, 4) is 0 Å². The number of hydrogen-bond acceptors (Lipinski definition) is 3. The van der Waals surface area contributed by atoms with Gasteiger partial charge in [-0.2, -0.15) is 0 Å². The molecule has 22 heavy (non-hydrogen) atoms. The van der Waals surface area contributed by atoms with Gasteiger partial charge >= 0.3 is 0 Å². The number of nitrogens with two attached hydrogens (primary N) is 1. The third kappa shape index (κ3) is 3.78. The molecule has 6 heteroatoms. The van der Waals surface area contributed by atoms with Crippen LogP contribution in [0.4, 0.5) is 0 Å². The molecule has 3 rings (SSSR count). The van der Waals surface area contributed by atoms with Gasteiger partial charge < -0.3 is 15.5 Å². The number of benzene rings is 1. The molecule has 1 atom stereocenters. The van der Waals surface area contributed by atoms with Gasteiger partial charge in [0.25, 0.3) is 0 Å². The monoisotopic (exact) mass is 323 g/mol. The standard InChI is InChI=1S/C16H21N3O2.ClH/c17-14(10-12-4-2-1-3-5-12)16(21)18-8-9-19(13-6-7-13)15(20)11-18;/h1-5,13-14H,6-11,17H2;1H/t14-;/m0./s1. The quantitative estimate of drug-likeness (QED) is 0.891. The molecular weight excluding hydrogens is 302 g/mol. The fourth-order valence-corrected chi connectivity index (χ4v) is 2.84. The molecule has 1 aliphatic heterocycles. The highest BCUT2D eigenvalue weighted by atomic mass is 35.5. The molecule has 1 saturated carbocycles. The second kappa shape index (κ2) is 7.11. The Hall–Kier alpha value is -1.59. The van der Waals surface area contributed by atoms with Crippen molar-refractivity contribution < 1.29 is 9.59 Å². The summed E-state index contributed by atoms with van der Waals surface area (Å²) in [5.74, 6) is -0.0633. The number of piperazine rings is 1. The van der Waals surface area contributed by atoms with E-state index in [-0.39, 0.29) is 30.8 Å². The van der Waals surface area contributed by atoms with Crippen molar-refractivity contribution in [2.75, 3.05) is 19.6 Å². The van der Waals surface area contributed by atoms with Crippen LogP contribution in [0.1, 0.15) is 18.4 Å². The van der Waals surface area contributed by atoms with Crippen LogP contribution in [-0.4, -0.2) is 53.3 Å². The predicted octanol–water partition coefficient (Wildman–Crippen LogP) is 0.811. The Balaban J connectivity index is 0.00000176. The van der Waals surface area contributed by atoms with Crippen molar-refractivity contribution in [3.63, 3.8) is 0 Å². The molecule has 5 nitrogen and oxygen atoms in total. The number of carbonyl (C=O) groups is 2. The first-order valence-electron chi connectivity index (χ1n) is 7.53. The molecule has 2 fully saturated rings. The molecule has 1 saturated heterocycles. The van der Waals surface area contributed by atoms with Gasteiger partial charge in [-0.3, -0.25) is 9.59 Å². The molecule has 0 bridgehead atoms. The number of nitrogens with zero attached hydrogens (tertiary/aromatic N) is 2. The topological polar surface area (TPSA) is 66.6 Å². The van der Waals surface area contributed by atoms with Gasteiger partial charge in [0, 0.05) is 19.1 Å². The van der Waals surface area contributed by atoms with Gasteiger partial charge in [-0.1, -0.05) is 30.3 Å². The second-order valence-electron chi connectivity index (χ2n) is 5.87. The van der Waals surface area contributed by atoms with E-state index in [0.29, 0.717) is 25.6 Å². The molecule has 1 aromatic carbocycles. The summed E-state index contributed by atoms with van der Waals surface area (Å²) < 4.78 is 0. The minimum absolute atomic E-state index is 0. The first-order chi connectivity index (χ1) is 10.1. The summed E-state index contributed by atoms with van der Waals surface area (Å²) in [4.78, 5) is 27.9. The van der Waals surface area contributed by atoms with Crippen molar-refractivity contribution in [2.45, 2.75) is 31.3 Å². The van der Waals surface area contributed by atoms with Crippen molar-refractivity contribution in [1.29, 1.82) is 0 Å². The zero-order chi connectivity index (χ0) is 14.8. The number of rotatable bonds is 4. The maximum atomic E-state index is 12.4. The van der Waals surface area contributed by atoms with E-state index in [1.54, 1.807) is 4.90 Å². The lowest BCUT2D eigenvalue weighted by molar-refractivity contribution is -0.146. The fourth-order valence-electron chi connectivity index (χ4n) is 2.84. The maximum absolute atomic E-state index is 12.4. The van der Waals surface area contributed by atoms with Crippen LogP contribution in [0.5, 0.6) is 0 Å². The van der Waals surface area contributed by atoms with Crippen LogP contribution in [0.25, 0.3) is 0 Å². The molecule has 2 amide bonds. The van der Waals surface area contributed by atoms with Crippen LogP contribution in [-0.2, 0) is 16.0 Å². The van der Waals surface area contributed by atoms with E-state index in [1.807, 2.05) is 35.2 Å². The van der Waals surface area contributed by atoms with Gasteiger partial charge in [0.2, 0.25) is 11.8 Å². The Morgan fingerprint density at radius 3 is 2.50 bits per heavy atom. The summed E-state index contributed by atoms with van der Waals surface area (Å²) in [7, 11) is 0. The molecule has 0 aromatic heterocycles. The molecule has 2 aliphatic rings. The van der Waals surface area contributed by atoms with Crippen LogP contribution < -0.4 is 5.73 Å². The largest absolute Gasteiger partial charge is 0.336 e. The molecule has 2 N–H and O–H groups in total. The molecule has 0 spiro atoms. The summed E-state index contributed by atoms with van der Waals surface area (Å²) in [6.45, 7) is 1.43. The SMILES string of the molecule is Cl.N[C@@H](Cc1ccccc1)C(=O)N1CCN(C2CC2)C(=O)C1. The van der Waals surface area contributed by atoms with Crippen LogP contribution in [0.2, 0.25) is 0 Å². The molecular formula is C16H22ClN3O2. The molecule has 0 radical (unpaired) electrons. The van der Waals surface area contributed by atoms with E-state index in [9.17, 15) is 9.59 Å². The molecule has 0 unspecified atom stereocenters. The zero-order valence-corrected chi connectivity index (χ0v) is 13.3. The Bertz CT molecular complexity index is 533. The lowest BCUT2D eigenvalue weighted by Gasteiger charge is -2.35. The molecule has 120 valence electrons. The van der Waals surface area contributed by atoms with E-state index in [0.717, 1.165) is 18.4 Å². The Morgan fingerprint density at radius 1 is 1.23 bits per heavy atom. The summed E-state index contributed by atoms with van der Waals surface area (Å²) in [6.07, 6.45) is 2.72. The third-order valence-corrected chi connectivity index (χ3v) is 4.17. The van der Waals surface area contributed by atoms with Gasteiger partial charge in [0.15, 0.2) is 0 Å². The lowest BCUT2D eigenvalue weighted by atomic mass is 10.1. The summed E-state index contributed by atoms with van der Waals surface area (Å²) in [5, 5.41) is 0. The Kier molecular flexibility index (Phi) is 5.42. The average Bonchev–Trinajstić information content (AvgIpc) is 3.32. The van der Waals surface area contributed by atoms with Crippen molar-refractivity contribution in [3.05, 3.63) is 35.9 Å². The Morgan fingerprint density at radius 2 is 1.91 bits per heavy atom. The number of carbonyl (C=O) groups excluding carboxylic acids is 2. The molecule has 1 aromatic rings. The van der Waals surface area contributed by atoms with Crippen molar-refractivity contribution in [1.82, 2.24) is 9.80 Å². The van der Waals surface area contributed by atoms with E-state index in [4.69, 9.17) is 5.73 Å². The van der Waals surface area contributed by atoms with Crippen molar-refractivity contribution in [2.24, 2.45) is 5.73 Å². The highest BCUT2D eigenvalue weighted by molar-refractivity contribution is 5.88.